The third-order valence-electron chi connectivity index (χ3n) is 10.3. The van der Waals surface area contributed by atoms with E-state index in [4.69, 9.17) is 4.74 Å². The van der Waals surface area contributed by atoms with Crippen molar-refractivity contribution in [1.29, 1.82) is 0 Å². The number of rotatable bonds is 11. The van der Waals surface area contributed by atoms with Gasteiger partial charge >= 0.3 is 18.3 Å². The van der Waals surface area contributed by atoms with E-state index in [0.29, 0.717) is 51.6 Å². The average Bonchev–Trinajstić information content (AvgIpc) is 3.10. The highest BCUT2D eigenvalue weighted by Crippen LogP contribution is 2.40. The maximum Gasteiger partial charge on any atom is 0.416 e. The number of ether oxygens (including phenoxy) is 1. The van der Waals surface area contributed by atoms with Crippen LogP contribution in [0.5, 0.6) is 0 Å². The predicted octanol–water partition coefficient (Wildman–Crippen LogP) is 8.97. The molecule has 1 amide bonds. The number of anilines is 1. The summed E-state index contributed by atoms with van der Waals surface area (Å²) in [5, 5.41) is 0. The normalized spacial score (nSPS) is 22.6. The van der Waals surface area contributed by atoms with Crippen molar-refractivity contribution in [2.75, 3.05) is 11.5 Å². The molecule has 282 valence electrons. The molecule has 2 fully saturated rings. The minimum Gasteiger partial charge on any atom is -0.466 e. The standard InChI is InChI=1S/C39H46F6N4O3/c1-4-32-20-33(48(37-46-22-25(3)23-47-37)24-28-15-30(38(40,41)42)19-31(16-28)39(43,44)45)21-34(17-26-9-7-6-8-10-26)49(32)36(51)29-13-11-27(12-14-29)18-35(50)52-5-2/h6-10,15-16,19,22-23,27,29,32-34H,4-5,11-14,17-18,20-21,24H2,1-3H3/t27?,29?,32-,33+,34+/m1/s1. The summed E-state index contributed by atoms with van der Waals surface area (Å²) in [6.07, 6.45) is -1.79. The number of likely N-dealkylation sites (tertiary alicyclic amines) is 1. The second-order valence-corrected chi connectivity index (χ2v) is 14.1. The molecule has 5 rings (SSSR count). The van der Waals surface area contributed by atoms with Crippen molar-refractivity contribution in [3.63, 3.8) is 0 Å². The van der Waals surface area contributed by atoms with E-state index in [1.54, 1.807) is 31.1 Å². The molecule has 0 radical (unpaired) electrons. The Bertz CT molecular complexity index is 1610. The van der Waals surface area contributed by atoms with Gasteiger partial charge in [-0.1, -0.05) is 37.3 Å². The topological polar surface area (TPSA) is 75.6 Å². The fourth-order valence-corrected chi connectivity index (χ4v) is 7.78. The second-order valence-electron chi connectivity index (χ2n) is 14.1. The molecule has 1 aromatic heterocycles. The van der Waals surface area contributed by atoms with Gasteiger partial charge in [-0.05, 0) is 106 Å². The number of carbonyl (C=O) groups is 2. The average molecular weight is 733 g/mol. The van der Waals surface area contributed by atoms with E-state index in [-0.39, 0.29) is 59.9 Å². The van der Waals surface area contributed by atoms with Crippen molar-refractivity contribution in [1.82, 2.24) is 14.9 Å². The van der Waals surface area contributed by atoms with E-state index in [9.17, 15) is 35.9 Å². The minimum absolute atomic E-state index is 0.0478. The second kappa shape index (κ2) is 16.7. The Hall–Kier alpha value is -4.16. The zero-order valence-corrected chi connectivity index (χ0v) is 29.7. The fraction of sp³-hybridized carbons (Fsp3) is 0.538. The molecule has 1 aliphatic heterocycles. The van der Waals surface area contributed by atoms with Gasteiger partial charge in [-0.15, -0.1) is 0 Å². The van der Waals surface area contributed by atoms with Gasteiger partial charge < -0.3 is 14.5 Å². The highest BCUT2D eigenvalue weighted by atomic mass is 19.4. The molecule has 2 heterocycles. The molecule has 0 bridgehead atoms. The SMILES string of the molecule is CCOC(=O)CC1CCC(C(=O)N2[C@H](CC)C[C@H](N(Cc3cc(C(F)(F)F)cc(C(F)(F)F)c3)c3ncc(C)cn3)C[C@@H]2Cc2ccccc2)CC1. The van der Waals surface area contributed by atoms with Crippen molar-refractivity contribution in [2.24, 2.45) is 11.8 Å². The lowest BCUT2D eigenvalue weighted by atomic mass is 9.78. The van der Waals surface area contributed by atoms with Gasteiger partial charge in [0.05, 0.1) is 17.7 Å². The molecule has 7 nitrogen and oxygen atoms in total. The van der Waals surface area contributed by atoms with Crippen LogP contribution in [0.4, 0.5) is 32.3 Å². The van der Waals surface area contributed by atoms with Crippen LogP contribution in [0, 0.1) is 18.8 Å². The van der Waals surface area contributed by atoms with Crippen molar-refractivity contribution in [3.05, 3.63) is 88.7 Å². The first-order valence-electron chi connectivity index (χ1n) is 18.0. The summed E-state index contributed by atoms with van der Waals surface area (Å²) in [6, 6.07) is 10.4. The highest BCUT2D eigenvalue weighted by molar-refractivity contribution is 5.80. The molecule has 1 saturated carbocycles. The smallest absolute Gasteiger partial charge is 0.416 e. The van der Waals surface area contributed by atoms with Gasteiger partial charge in [-0.3, -0.25) is 9.59 Å². The Kier molecular flexibility index (Phi) is 12.5. The molecular weight excluding hydrogens is 686 g/mol. The molecule has 0 N–H and O–H groups in total. The number of carbonyl (C=O) groups excluding carboxylic acids is 2. The summed E-state index contributed by atoms with van der Waals surface area (Å²) in [6.45, 7) is 5.57. The zero-order chi connectivity index (χ0) is 37.6. The summed E-state index contributed by atoms with van der Waals surface area (Å²) in [7, 11) is 0. The highest BCUT2D eigenvalue weighted by Gasteiger charge is 2.43. The maximum absolute atomic E-state index is 14.5. The van der Waals surface area contributed by atoms with Crippen molar-refractivity contribution in [3.8, 4) is 0 Å². The number of nitrogens with zero attached hydrogens (tertiary/aromatic N) is 4. The van der Waals surface area contributed by atoms with Gasteiger partial charge in [0.25, 0.3) is 0 Å². The first-order valence-corrected chi connectivity index (χ1v) is 18.0. The predicted molar refractivity (Wildman–Crippen MR) is 184 cm³/mol. The van der Waals surface area contributed by atoms with Crippen molar-refractivity contribution >= 4 is 17.8 Å². The van der Waals surface area contributed by atoms with Crippen LogP contribution in [0.3, 0.4) is 0 Å². The third kappa shape index (κ3) is 9.83. The van der Waals surface area contributed by atoms with Gasteiger partial charge in [0.15, 0.2) is 0 Å². The third-order valence-corrected chi connectivity index (χ3v) is 10.3. The van der Waals surface area contributed by atoms with Crippen LogP contribution < -0.4 is 4.90 Å². The van der Waals surface area contributed by atoms with E-state index in [0.717, 1.165) is 36.1 Å². The Morgan fingerprint density at radius 2 is 1.44 bits per heavy atom. The van der Waals surface area contributed by atoms with Gasteiger partial charge in [-0.2, -0.15) is 26.3 Å². The Labute approximate surface area is 300 Å². The minimum atomic E-state index is -4.99. The van der Waals surface area contributed by atoms with E-state index < -0.39 is 29.5 Å². The molecule has 1 aliphatic carbocycles. The van der Waals surface area contributed by atoms with Gasteiger partial charge in [0, 0.05) is 49.4 Å². The van der Waals surface area contributed by atoms with Crippen LogP contribution >= 0.6 is 0 Å². The number of piperidine rings is 1. The van der Waals surface area contributed by atoms with Crippen molar-refractivity contribution < 1.29 is 40.7 Å². The summed E-state index contributed by atoms with van der Waals surface area (Å²) in [5.74, 6) is -0.0473. The van der Waals surface area contributed by atoms with Crippen molar-refractivity contribution in [2.45, 2.75) is 116 Å². The van der Waals surface area contributed by atoms with E-state index >= 15 is 0 Å². The Morgan fingerprint density at radius 3 is 2.00 bits per heavy atom. The Morgan fingerprint density at radius 1 is 0.846 bits per heavy atom. The van der Waals surface area contributed by atoms with Crippen LogP contribution in [-0.2, 0) is 39.6 Å². The number of amides is 1. The molecule has 0 spiro atoms. The summed E-state index contributed by atoms with van der Waals surface area (Å²) < 4.78 is 88.3. The van der Waals surface area contributed by atoms with Gasteiger partial charge in [0.2, 0.25) is 11.9 Å². The molecule has 13 heteroatoms. The zero-order valence-electron chi connectivity index (χ0n) is 29.7. The van der Waals surface area contributed by atoms with E-state index in [1.165, 1.54) is 0 Å². The van der Waals surface area contributed by atoms with Crippen LogP contribution in [-0.4, -0.2) is 51.5 Å². The molecule has 0 unspecified atom stereocenters. The lowest BCUT2D eigenvalue weighted by Gasteiger charge is -2.49. The number of aromatic nitrogens is 2. The lowest BCUT2D eigenvalue weighted by molar-refractivity contribution is -0.146. The number of benzene rings is 2. The molecule has 3 atom stereocenters. The number of esters is 1. The maximum atomic E-state index is 14.5. The summed E-state index contributed by atoms with van der Waals surface area (Å²) in [5.41, 5.74) is -1.18. The number of hydrogen-bond donors (Lipinski definition) is 0. The first kappa shape index (κ1) is 39.1. The molecular formula is C39H46F6N4O3. The monoisotopic (exact) mass is 732 g/mol. The van der Waals surface area contributed by atoms with Crippen LogP contribution in [0.2, 0.25) is 0 Å². The fourth-order valence-electron chi connectivity index (χ4n) is 7.78. The number of halogens is 6. The lowest BCUT2D eigenvalue weighted by Crippen LogP contribution is -2.59. The largest absolute Gasteiger partial charge is 0.466 e. The molecule has 52 heavy (non-hydrogen) atoms. The molecule has 1 saturated heterocycles. The molecule has 2 aliphatic rings. The van der Waals surface area contributed by atoms with Gasteiger partial charge in [0.1, 0.15) is 0 Å². The molecule has 2 aromatic carbocycles. The Balaban J connectivity index is 1.48. The van der Waals surface area contributed by atoms with Crippen LogP contribution in [0.25, 0.3) is 0 Å². The van der Waals surface area contributed by atoms with Crippen LogP contribution in [0.15, 0.2) is 60.9 Å². The first-order chi connectivity index (χ1) is 24.7. The molecule has 3 aromatic rings. The number of alkyl halides is 6. The quantitative estimate of drug-likeness (QED) is 0.145. The number of hydrogen-bond acceptors (Lipinski definition) is 6. The van der Waals surface area contributed by atoms with Crippen LogP contribution in [0.1, 0.15) is 93.0 Å². The summed E-state index contributed by atoms with van der Waals surface area (Å²) >= 11 is 0. The number of aryl methyl sites for hydroxylation is 1. The van der Waals surface area contributed by atoms with E-state index in [1.807, 2.05) is 42.2 Å². The van der Waals surface area contributed by atoms with E-state index in [2.05, 4.69) is 9.97 Å². The van der Waals surface area contributed by atoms with Gasteiger partial charge in [-0.25, -0.2) is 9.97 Å². The summed E-state index contributed by atoms with van der Waals surface area (Å²) in [4.78, 5) is 39.2.